The Bertz CT molecular complexity index is 440. The molecule has 0 radical (unpaired) electrons. The highest BCUT2D eigenvalue weighted by Crippen LogP contribution is 2.33. The Hall–Kier alpha value is -1.02. The van der Waals surface area contributed by atoms with Crippen LogP contribution >= 0.6 is 0 Å². The topological polar surface area (TPSA) is 83.2 Å². The summed E-state index contributed by atoms with van der Waals surface area (Å²) in [5.74, 6) is 0. The molecule has 0 spiro atoms. The van der Waals surface area contributed by atoms with E-state index in [1.54, 1.807) is 0 Å². The van der Waals surface area contributed by atoms with Crippen molar-refractivity contribution in [3.63, 3.8) is 0 Å². The van der Waals surface area contributed by atoms with Crippen LogP contribution in [0.4, 0.5) is 0 Å². The molecule has 2 heterocycles. The summed E-state index contributed by atoms with van der Waals surface area (Å²) in [6.45, 7) is 0.327. The maximum absolute atomic E-state index is 10.3. The van der Waals surface area contributed by atoms with Gasteiger partial charge in [-0.05, 0) is 0 Å². The van der Waals surface area contributed by atoms with Crippen molar-refractivity contribution in [3.05, 3.63) is 35.9 Å². The van der Waals surface area contributed by atoms with E-state index in [-0.39, 0.29) is 6.10 Å². The highest BCUT2D eigenvalue weighted by molar-refractivity contribution is 5.16. The molecule has 1 aromatic rings. The Balaban J connectivity index is 1.74. The van der Waals surface area contributed by atoms with Crippen LogP contribution in [0.5, 0.6) is 0 Å². The average molecular weight is 281 g/mol. The van der Waals surface area contributed by atoms with E-state index in [0.717, 1.165) is 5.56 Å². The molecule has 6 heteroatoms. The third-order valence-electron chi connectivity index (χ3n) is 3.72. The van der Waals surface area contributed by atoms with Gasteiger partial charge >= 0.3 is 0 Å². The molecule has 2 aliphatic heterocycles. The summed E-state index contributed by atoms with van der Waals surface area (Å²) in [7, 11) is 1.49. The number of aliphatic hydroxyl groups is 1. The zero-order valence-electron chi connectivity index (χ0n) is 11.2. The van der Waals surface area contributed by atoms with Crippen molar-refractivity contribution < 1.29 is 24.1 Å². The molecule has 2 fully saturated rings. The molecule has 0 aromatic heterocycles. The summed E-state index contributed by atoms with van der Waals surface area (Å²) in [4.78, 5) is 0. The van der Waals surface area contributed by atoms with Crippen LogP contribution in [0.15, 0.2) is 30.3 Å². The van der Waals surface area contributed by atoms with Crippen LogP contribution in [-0.4, -0.2) is 49.5 Å². The lowest BCUT2D eigenvalue weighted by Gasteiger charge is -2.46. The summed E-state index contributed by atoms with van der Waals surface area (Å²) in [5, 5.41) is 10.3. The molecule has 20 heavy (non-hydrogen) atoms. The monoisotopic (exact) mass is 281 g/mol. The smallest absolute Gasteiger partial charge is 0.184 e. The first-order chi connectivity index (χ1) is 9.70. The van der Waals surface area contributed by atoms with Crippen LogP contribution in [0.1, 0.15) is 11.9 Å². The molecular weight excluding hydrogens is 262 g/mol. The Labute approximate surface area is 117 Å². The van der Waals surface area contributed by atoms with Gasteiger partial charge in [-0.25, -0.2) is 0 Å². The number of aliphatic hydroxyl groups excluding tert-OH is 1. The SMILES string of the molecule is CO[C@H]1O[C@H]2CO[C@H](c3ccccc3)O[C@@H]2[C@@H](O)[C@@H]1N. The molecule has 3 N–H and O–H groups in total. The van der Waals surface area contributed by atoms with Crippen molar-refractivity contribution in [2.45, 2.75) is 36.9 Å². The first kappa shape index (κ1) is 13.9. The van der Waals surface area contributed by atoms with Crippen molar-refractivity contribution in [1.82, 2.24) is 0 Å². The van der Waals surface area contributed by atoms with E-state index in [2.05, 4.69) is 0 Å². The number of ether oxygens (including phenoxy) is 4. The normalized spacial score (nSPS) is 41.1. The number of benzene rings is 1. The Morgan fingerprint density at radius 1 is 1.25 bits per heavy atom. The number of methoxy groups -OCH3 is 1. The van der Waals surface area contributed by atoms with Crippen molar-refractivity contribution in [2.75, 3.05) is 13.7 Å². The minimum Gasteiger partial charge on any atom is -0.388 e. The van der Waals surface area contributed by atoms with Gasteiger partial charge in [0.05, 0.1) is 12.6 Å². The standard InChI is InChI=1S/C14H19NO5/c1-17-14-10(15)11(16)12-9(19-14)7-18-13(20-12)8-5-3-2-4-6-8/h2-6,9-14,16H,7,15H2,1H3/t9-,10-,11-,12-,13-,14-/m0/s1. The van der Waals surface area contributed by atoms with Crippen LogP contribution in [0.25, 0.3) is 0 Å². The van der Waals surface area contributed by atoms with Gasteiger partial charge < -0.3 is 29.8 Å². The number of fused-ring (bicyclic) bond motifs is 1. The fraction of sp³-hybridized carbons (Fsp3) is 0.571. The van der Waals surface area contributed by atoms with E-state index < -0.39 is 30.8 Å². The molecule has 1 aromatic carbocycles. The summed E-state index contributed by atoms with van der Waals surface area (Å²) in [6.07, 6.45) is -2.91. The van der Waals surface area contributed by atoms with E-state index >= 15 is 0 Å². The van der Waals surface area contributed by atoms with Crippen LogP contribution < -0.4 is 5.73 Å². The zero-order valence-corrected chi connectivity index (χ0v) is 11.2. The van der Waals surface area contributed by atoms with Gasteiger partial charge in [0.25, 0.3) is 0 Å². The van der Waals surface area contributed by atoms with Gasteiger partial charge in [-0.3, -0.25) is 0 Å². The average Bonchev–Trinajstić information content (AvgIpc) is 2.51. The van der Waals surface area contributed by atoms with E-state index in [4.69, 9.17) is 24.7 Å². The number of rotatable bonds is 2. The maximum Gasteiger partial charge on any atom is 0.184 e. The second-order valence-corrected chi connectivity index (χ2v) is 5.02. The molecule has 6 atom stereocenters. The summed E-state index contributed by atoms with van der Waals surface area (Å²) >= 11 is 0. The summed E-state index contributed by atoms with van der Waals surface area (Å²) in [5.41, 5.74) is 6.81. The second-order valence-electron chi connectivity index (χ2n) is 5.02. The molecule has 6 nitrogen and oxygen atoms in total. The van der Waals surface area contributed by atoms with Crippen LogP contribution in [0.2, 0.25) is 0 Å². The Morgan fingerprint density at radius 2 is 2.00 bits per heavy atom. The summed E-state index contributed by atoms with van der Waals surface area (Å²) in [6, 6.07) is 8.93. The lowest BCUT2D eigenvalue weighted by molar-refractivity contribution is -0.339. The highest BCUT2D eigenvalue weighted by Gasteiger charge is 2.48. The molecule has 0 bridgehead atoms. The molecule has 0 saturated carbocycles. The van der Waals surface area contributed by atoms with Crippen LogP contribution in [-0.2, 0) is 18.9 Å². The largest absolute Gasteiger partial charge is 0.388 e. The molecule has 2 saturated heterocycles. The van der Waals surface area contributed by atoms with Gasteiger partial charge in [-0.15, -0.1) is 0 Å². The lowest BCUT2D eigenvalue weighted by atomic mass is 9.96. The first-order valence-corrected chi connectivity index (χ1v) is 6.64. The molecule has 0 aliphatic carbocycles. The fourth-order valence-electron chi connectivity index (χ4n) is 2.60. The van der Waals surface area contributed by atoms with E-state index in [1.165, 1.54) is 7.11 Å². The number of nitrogens with two attached hydrogens (primary N) is 1. The summed E-state index contributed by atoms with van der Waals surface area (Å²) < 4.78 is 22.2. The van der Waals surface area contributed by atoms with Gasteiger partial charge in [0.1, 0.15) is 18.3 Å². The molecule has 2 aliphatic rings. The Kier molecular flexibility index (Phi) is 4.02. The molecule has 110 valence electrons. The van der Waals surface area contributed by atoms with E-state index in [0.29, 0.717) is 6.61 Å². The third kappa shape index (κ3) is 2.46. The van der Waals surface area contributed by atoms with Crippen molar-refractivity contribution in [1.29, 1.82) is 0 Å². The van der Waals surface area contributed by atoms with Gasteiger partial charge in [0.2, 0.25) is 0 Å². The Morgan fingerprint density at radius 3 is 2.70 bits per heavy atom. The zero-order chi connectivity index (χ0) is 14.1. The van der Waals surface area contributed by atoms with Crippen LogP contribution in [0.3, 0.4) is 0 Å². The lowest BCUT2D eigenvalue weighted by Crippen LogP contribution is -2.64. The third-order valence-corrected chi connectivity index (χ3v) is 3.72. The first-order valence-electron chi connectivity index (χ1n) is 6.64. The molecule has 0 unspecified atom stereocenters. The van der Waals surface area contributed by atoms with Crippen molar-refractivity contribution in [2.24, 2.45) is 5.73 Å². The van der Waals surface area contributed by atoms with E-state index in [9.17, 15) is 5.11 Å². The van der Waals surface area contributed by atoms with E-state index in [1.807, 2.05) is 30.3 Å². The number of hydrogen-bond donors (Lipinski definition) is 2. The second kappa shape index (κ2) is 5.77. The van der Waals surface area contributed by atoms with Gasteiger partial charge in [0.15, 0.2) is 12.6 Å². The fourth-order valence-corrected chi connectivity index (χ4v) is 2.60. The quantitative estimate of drug-likeness (QED) is 0.803. The minimum atomic E-state index is -0.853. The molecule has 0 amide bonds. The minimum absolute atomic E-state index is 0.327. The molecular formula is C14H19NO5. The van der Waals surface area contributed by atoms with Crippen molar-refractivity contribution >= 4 is 0 Å². The van der Waals surface area contributed by atoms with Crippen LogP contribution in [0, 0.1) is 0 Å². The predicted molar refractivity (Wildman–Crippen MR) is 69.7 cm³/mol. The maximum atomic E-state index is 10.3. The van der Waals surface area contributed by atoms with Crippen molar-refractivity contribution in [3.8, 4) is 0 Å². The highest BCUT2D eigenvalue weighted by atomic mass is 16.7. The van der Waals surface area contributed by atoms with Gasteiger partial charge in [-0.2, -0.15) is 0 Å². The predicted octanol–water partition coefficient (Wildman–Crippen LogP) is 0.160. The van der Waals surface area contributed by atoms with Gasteiger partial charge in [-0.1, -0.05) is 30.3 Å². The number of hydrogen-bond acceptors (Lipinski definition) is 6. The molecule has 3 rings (SSSR count). The van der Waals surface area contributed by atoms with Gasteiger partial charge in [0, 0.05) is 12.7 Å².